The monoisotopic (exact) mass is 147 g/mol. The lowest BCUT2D eigenvalue weighted by Gasteiger charge is -2.22. The van der Waals surface area contributed by atoms with Crippen LogP contribution in [-0.4, -0.2) is 6.04 Å². The van der Waals surface area contributed by atoms with Crippen molar-refractivity contribution in [2.45, 2.75) is 25.8 Å². The molecular weight excluding hydrogens is 134 g/mol. The van der Waals surface area contributed by atoms with Crippen LogP contribution in [0.5, 0.6) is 0 Å². The first-order valence-corrected chi connectivity index (χ1v) is 4.49. The molecule has 0 saturated heterocycles. The zero-order chi connectivity index (χ0) is 7.42. The minimum absolute atomic E-state index is 0.712. The second kappa shape index (κ2) is 1.71. The van der Waals surface area contributed by atoms with Crippen LogP contribution < -0.4 is 5.32 Å². The highest BCUT2D eigenvalue weighted by Gasteiger charge is 2.49. The van der Waals surface area contributed by atoms with Crippen LogP contribution in [0, 0.1) is 11.8 Å². The Labute approximate surface area is 67.2 Å². The van der Waals surface area contributed by atoms with E-state index < -0.39 is 0 Å². The van der Waals surface area contributed by atoms with Crippen molar-refractivity contribution in [3.63, 3.8) is 0 Å². The smallest absolute Gasteiger partial charge is 0.0479 e. The van der Waals surface area contributed by atoms with Gasteiger partial charge >= 0.3 is 0 Å². The molecule has 0 radical (unpaired) electrons. The molecule has 11 heavy (non-hydrogen) atoms. The summed E-state index contributed by atoms with van der Waals surface area (Å²) in [6, 6.07) is 0.712. The number of hydrogen-bond donors (Lipinski definition) is 1. The van der Waals surface area contributed by atoms with Crippen LogP contribution in [0.25, 0.3) is 0 Å². The van der Waals surface area contributed by atoms with E-state index in [-0.39, 0.29) is 0 Å². The summed E-state index contributed by atoms with van der Waals surface area (Å²) in [7, 11) is 0. The summed E-state index contributed by atoms with van der Waals surface area (Å²) in [6.07, 6.45) is 7.42. The highest BCUT2D eigenvalue weighted by molar-refractivity contribution is 5.36. The van der Waals surface area contributed by atoms with E-state index in [1.54, 1.807) is 5.57 Å². The Morgan fingerprint density at radius 2 is 2.27 bits per heavy atom. The Morgan fingerprint density at radius 3 is 3.18 bits per heavy atom. The minimum Gasteiger partial charge on any atom is -0.382 e. The van der Waals surface area contributed by atoms with Crippen molar-refractivity contribution in [1.82, 2.24) is 5.32 Å². The van der Waals surface area contributed by atoms with Gasteiger partial charge in [0, 0.05) is 11.7 Å². The normalized spacial score (nSPS) is 45.0. The molecule has 2 saturated carbocycles. The van der Waals surface area contributed by atoms with Crippen LogP contribution in [-0.2, 0) is 0 Å². The van der Waals surface area contributed by atoms with Crippen LogP contribution in [0.2, 0.25) is 0 Å². The number of nitrogens with one attached hydrogen (secondary N) is 1. The van der Waals surface area contributed by atoms with Crippen LogP contribution >= 0.6 is 0 Å². The first-order chi connectivity index (χ1) is 5.34. The molecule has 0 aromatic rings. The number of hydrogen-bond acceptors (Lipinski definition) is 1. The molecule has 1 nitrogen and oxygen atoms in total. The summed E-state index contributed by atoms with van der Waals surface area (Å²) < 4.78 is 0. The average Bonchev–Trinajstić information content (AvgIpc) is 2.63. The largest absolute Gasteiger partial charge is 0.382 e. The summed E-state index contributed by atoms with van der Waals surface area (Å²) in [5.74, 6) is 2.01. The van der Waals surface area contributed by atoms with Crippen LogP contribution in [0.1, 0.15) is 19.8 Å². The van der Waals surface area contributed by atoms with E-state index in [1.165, 1.54) is 18.5 Å². The van der Waals surface area contributed by atoms with Crippen molar-refractivity contribution in [3.05, 3.63) is 23.4 Å². The summed E-state index contributed by atoms with van der Waals surface area (Å²) in [6.45, 7) is 2.15. The maximum Gasteiger partial charge on any atom is 0.0479 e. The van der Waals surface area contributed by atoms with Crippen molar-refractivity contribution in [3.8, 4) is 0 Å². The zero-order valence-electron chi connectivity index (χ0n) is 6.80. The molecule has 1 N–H and O–H groups in total. The first-order valence-electron chi connectivity index (χ1n) is 4.49. The van der Waals surface area contributed by atoms with E-state index in [1.807, 2.05) is 0 Å². The average molecular weight is 147 g/mol. The highest BCUT2D eigenvalue weighted by Crippen LogP contribution is 2.55. The zero-order valence-corrected chi connectivity index (χ0v) is 6.80. The number of fused-ring (bicyclic) bond motifs is 3. The molecule has 1 heteroatoms. The van der Waals surface area contributed by atoms with Crippen LogP contribution in [0.3, 0.4) is 0 Å². The Morgan fingerprint density at radius 1 is 1.36 bits per heavy atom. The Balaban J connectivity index is 1.97. The first kappa shape index (κ1) is 5.87. The standard InChI is InChI=1S/C10H13N/c1-6-2-3-8-9-4-7(9)5-10(8)11-6/h2-3,7,9-11H,4-5H2,1H3/t7-,9?,10+/m0/s1. The molecule has 1 aliphatic heterocycles. The van der Waals surface area contributed by atoms with Gasteiger partial charge in [0.25, 0.3) is 0 Å². The molecule has 0 bridgehead atoms. The Kier molecular flexibility index (Phi) is 0.913. The molecule has 2 aliphatic carbocycles. The fourth-order valence-electron chi connectivity index (χ4n) is 2.54. The number of rotatable bonds is 0. The van der Waals surface area contributed by atoms with Gasteiger partial charge in [0.15, 0.2) is 0 Å². The van der Waals surface area contributed by atoms with Gasteiger partial charge in [-0.2, -0.15) is 0 Å². The summed E-state index contributed by atoms with van der Waals surface area (Å²) in [4.78, 5) is 0. The summed E-state index contributed by atoms with van der Waals surface area (Å²) in [5, 5.41) is 3.53. The lowest BCUT2D eigenvalue weighted by Crippen LogP contribution is -2.29. The third-order valence-electron chi connectivity index (χ3n) is 3.22. The predicted molar refractivity (Wildman–Crippen MR) is 45.0 cm³/mol. The molecule has 0 aromatic heterocycles. The van der Waals surface area contributed by atoms with E-state index in [4.69, 9.17) is 0 Å². The van der Waals surface area contributed by atoms with Crippen LogP contribution in [0.15, 0.2) is 23.4 Å². The number of allylic oxidation sites excluding steroid dienone is 3. The Hall–Kier alpha value is -0.720. The van der Waals surface area contributed by atoms with E-state index in [2.05, 4.69) is 24.4 Å². The van der Waals surface area contributed by atoms with E-state index >= 15 is 0 Å². The maximum atomic E-state index is 3.53. The third-order valence-corrected chi connectivity index (χ3v) is 3.22. The predicted octanol–water partition coefficient (Wildman–Crippen LogP) is 1.83. The van der Waals surface area contributed by atoms with Crippen molar-refractivity contribution >= 4 is 0 Å². The van der Waals surface area contributed by atoms with Crippen molar-refractivity contribution in [2.75, 3.05) is 0 Å². The van der Waals surface area contributed by atoms with Gasteiger partial charge in [0.1, 0.15) is 0 Å². The molecular formula is C10H13N. The van der Waals surface area contributed by atoms with Gasteiger partial charge < -0.3 is 5.32 Å². The van der Waals surface area contributed by atoms with Gasteiger partial charge in [-0.1, -0.05) is 6.08 Å². The fourth-order valence-corrected chi connectivity index (χ4v) is 2.54. The second-order valence-electron chi connectivity index (χ2n) is 4.05. The molecule has 2 fully saturated rings. The quantitative estimate of drug-likeness (QED) is 0.551. The second-order valence-corrected chi connectivity index (χ2v) is 4.05. The van der Waals surface area contributed by atoms with Crippen molar-refractivity contribution in [1.29, 1.82) is 0 Å². The molecule has 1 unspecified atom stereocenters. The van der Waals surface area contributed by atoms with Crippen molar-refractivity contribution in [2.24, 2.45) is 11.8 Å². The summed E-state index contributed by atoms with van der Waals surface area (Å²) in [5.41, 5.74) is 3.01. The molecule has 3 rings (SSSR count). The fraction of sp³-hybridized carbons (Fsp3) is 0.600. The topological polar surface area (TPSA) is 12.0 Å². The lowest BCUT2D eigenvalue weighted by atomic mass is 10.0. The van der Waals surface area contributed by atoms with Gasteiger partial charge in [-0.15, -0.1) is 0 Å². The molecule has 0 aromatic carbocycles. The van der Waals surface area contributed by atoms with Gasteiger partial charge in [0.05, 0.1) is 0 Å². The SMILES string of the molecule is CC1=CC=C2C3C[C@H]3C[C@H]2N1. The molecule has 3 aliphatic rings. The molecule has 3 atom stereocenters. The van der Waals surface area contributed by atoms with E-state index in [9.17, 15) is 0 Å². The van der Waals surface area contributed by atoms with Gasteiger partial charge in [-0.05, 0) is 43.3 Å². The van der Waals surface area contributed by atoms with Gasteiger partial charge in [-0.3, -0.25) is 0 Å². The molecule has 0 amide bonds. The van der Waals surface area contributed by atoms with Gasteiger partial charge in [-0.25, -0.2) is 0 Å². The van der Waals surface area contributed by atoms with Gasteiger partial charge in [0.2, 0.25) is 0 Å². The molecule has 1 heterocycles. The minimum atomic E-state index is 0.712. The third kappa shape index (κ3) is 0.712. The van der Waals surface area contributed by atoms with E-state index in [0.29, 0.717) is 6.04 Å². The molecule has 58 valence electrons. The highest BCUT2D eigenvalue weighted by atomic mass is 15.0. The van der Waals surface area contributed by atoms with Crippen LogP contribution in [0.4, 0.5) is 0 Å². The number of dihydropyridines is 1. The van der Waals surface area contributed by atoms with E-state index in [0.717, 1.165) is 11.8 Å². The maximum absolute atomic E-state index is 3.53. The summed E-state index contributed by atoms with van der Waals surface area (Å²) >= 11 is 0. The lowest BCUT2D eigenvalue weighted by molar-refractivity contribution is 0.591. The Bertz CT molecular complexity index is 262. The molecule has 0 spiro atoms. The van der Waals surface area contributed by atoms with Crippen molar-refractivity contribution < 1.29 is 0 Å².